The first-order chi connectivity index (χ1) is 14.8. The van der Waals surface area contributed by atoms with E-state index in [9.17, 15) is 9.46 Å². The summed E-state index contributed by atoms with van der Waals surface area (Å²) in [5, 5.41) is 0. The molecule has 0 aliphatic carbocycles. The summed E-state index contributed by atoms with van der Waals surface area (Å²) in [5.41, 5.74) is 7.60. The first kappa shape index (κ1) is 22.6. The second-order valence-electron chi connectivity index (χ2n) is 7.65. The highest BCUT2D eigenvalue weighted by Gasteiger charge is 2.58. The average Bonchev–Trinajstić information content (AvgIpc) is 3.43. The number of fused-ring (bicyclic) bond motifs is 2. The normalized spacial score (nSPS) is 29.3. The third kappa shape index (κ3) is 4.23. The third-order valence-electron chi connectivity index (χ3n) is 5.68. The summed E-state index contributed by atoms with van der Waals surface area (Å²) in [6.45, 7) is 5.57. The maximum absolute atomic E-state index is 12.0. The van der Waals surface area contributed by atoms with Gasteiger partial charge in [-0.25, -0.2) is 9.97 Å². The molecular weight excluding hydrogens is 427 g/mol. The molecule has 12 heteroatoms. The molecule has 172 valence electrons. The van der Waals surface area contributed by atoms with Gasteiger partial charge >= 0.3 is 0 Å². The van der Waals surface area contributed by atoms with Crippen LogP contribution in [0.3, 0.4) is 0 Å². The fraction of sp³-hybridized carbons (Fsp3) is 0.684. The lowest BCUT2D eigenvalue weighted by Gasteiger charge is -2.30. The van der Waals surface area contributed by atoms with E-state index in [-0.39, 0.29) is 13.2 Å². The molecule has 2 aromatic rings. The second kappa shape index (κ2) is 8.74. The number of anilines is 1. The molecule has 0 radical (unpaired) electrons. The Morgan fingerprint density at radius 3 is 2.68 bits per heavy atom. The van der Waals surface area contributed by atoms with Gasteiger partial charge in [0.05, 0.1) is 25.2 Å². The van der Waals surface area contributed by atoms with E-state index in [2.05, 4.69) is 9.97 Å². The van der Waals surface area contributed by atoms with Crippen LogP contribution < -0.4 is 10.6 Å². The monoisotopic (exact) mass is 455 g/mol. The van der Waals surface area contributed by atoms with Crippen LogP contribution in [-0.4, -0.2) is 51.8 Å². The number of nitrogens with zero attached hydrogens (tertiary/aromatic N) is 3. The maximum Gasteiger partial charge on any atom is 0.267 e. The first-order valence-electron chi connectivity index (χ1n) is 10.5. The van der Waals surface area contributed by atoms with E-state index in [0.717, 1.165) is 0 Å². The zero-order chi connectivity index (χ0) is 22.2. The van der Waals surface area contributed by atoms with Gasteiger partial charge in [0.2, 0.25) is 0 Å². The molecule has 2 aromatic heterocycles. The first-order valence-corrected chi connectivity index (χ1v) is 12.0. The van der Waals surface area contributed by atoms with Crippen LogP contribution >= 0.6 is 7.82 Å². The van der Waals surface area contributed by atoms with E-state index in [1.165, 1.54) is 0 Å². The van der Waals surface area contributed by atoms with Crippen molar-refractivity contribution in [1.29, 1.82) is 0 Å². The van der Waals surface area contributed by atoms with Crippen LogP contribution in [0.5, 0.6) is 0 Å². The number of ether oxygens (including phenoxy) is 3. The summed E-state index contributed by atoms with van der Waals surface area (Å²) >= 11 is 0. The Balaban J connectivity index is 1.61. The van der Waals surface area contributed by atoms with Crippen LogP contribution in [0.25, 0.3) is 11.2 Å². The van der Waals surface area contributed by atoms with Crippen LogP contribution in [0.2, 0.25) is 0 Å². The number of pyridine rings is 1. The zero-order valence-corrected chi connectivity index (χ0v) is 18.7. The van der Waals surface area contributed by atoms with Crippen molar-refractivity contribution in [2.45, 2.75) is 70.4 Å². The Bertz CT molecular complexity index is 966. The van der Waals surface area contributed by atoms with Gasteiger partial charge in [0.1, 0.15) is 23.8 Å². The van der Waals surface area contributed by atoms with Crippen molar-refractivity contribution in [2.75, 3.05) is 18.9 Å². The molecule has 2 N–H and O–H groups in total. The van der Waals surface area contributed by atoms with E-state index in [0.29, 0.717) is 36.1 Å². The molecule has 0 aromatic carbocycles. The minimum atomic E-state index is -4.44. The van der Waals surface area contributed by atoms with Gasteiger partial charge in [0.25, 0.3) is 7.82 Å². The van der Waals surface area contributed by atoms with Crippen molar-refractivity contribution >= 4 is 24.7 Å². The smallest absolute Gasteiger partial charge is 0.267 e. The second-order valence-corrected chi connectivity index (χ2v) is 9.06. The minimum absolute atomic E-state index is 0.0590. The van der Waals surface area contributed by atoms with Crippen molar-refractivity contribution in [2.24, 2.45) is 0 Å². The van der Waals surface area contributed by atoms with Crippen LogP contribution in [0.1, 0.15) is 46.3 Å². The molecule has 0 bridgehead atoms. The lowest BCUT2D eigenvalue weighted by Crippen LogP contribution is -2.35. The highest BCUT2D eigenvalue weighted by atomic mass is 31.2. The highest BCUT2D eigenvalue weighted by molar-refractivity contribution is 7.45. The average molecular weight is 455 g/mol. The van der Waals surface area contributed by atoms with Gasteiger partial charge in [0.15, 0.2) is 17.7 Å². The van der Waals surface area contributed by atoms with Gasteiger partial charge in [-0.1, -0.05) is 20.8 Å². The van der Waals surface area contributed by atoms with Crippen molar-refractivity contribution in [3.8, 4) is 0 Å². The molecule has 0 saturated carbocycles. The van der Waals surface area contributed by atoms with Gasteiger partial charge in [-0.3, -0.25) is 9.13 Å². The van der Waals surface area contributed by atoms with Crippen LogP contribution in [0.4, 0.5) is 5.69 Å². The van der Waals surface area contributed by atoms with E-state index >= 15 is 0 Å². The molecule has 5 atom stereocenters. The molecular formula is C19H28N4O7P-. The number of imidazole rings is 1. The Kier molecular flexibility index (Phi) is 6.37. The molecule has 2 aliphatic heterocycles. The Labute approximate surface area is 180 Å². The fourth-order valence-corrected chi connectivity index (χ4v) is 4.80. The topological polar surface area (TPSA) is 143 Å². The van der Waals surface area contributed by atoms with Gasteiger partial charge in [-0.15, -0.1) is 0 Å². The minimum Gasteiger partial charge on any atom is -0.756 e. The molecule has 0 spiro atoms. The largest absolute Gasteiger partial charge is 0.756 e. The molecule has 11 nitrogen and oxygen atoms in total. The summed E-state index contributed by atoms with van der Waals surface area (Å²) in [7, 11) is -4.44. The summed E-state index contributed by atoms with van der Waals surface area (Å²) in [6, 6.07) is 1.67. The van der Waals surface area contributed by atoms with Crippen LogP contribution in [-0.2, 0) is 27.8 Å². The predicted octanol–water partition coefficient (Wildman–Crippen LogP) is 2.12. The molecule has 0 amide bonds. The number of hydrogen-bond donors (Lipinski definition) is 1. The Morgan fingerprint density at radius 2 is 1.97 bits per heavy atom. The van der Waals surface area contributed by atoms with E-state index in [1.807, 2.05) is 20.8 Å². The number of phosphoric acid groups is 1. The molecule has 4 heterocycles. The van der Waals surface area contributed by atoms with Crippen LogP contribution in [0.15, 0.2) is 18.6 Å². The molecule has 2 unspecified atom stereocenters. The summed E-state index contributed by atoms with van der Waals surface area (Å²) < 4.78 is 42.4. The summed E-state index contributed by atoms with van der Waals surface area (Å²) in [5.74, 6) is -0.779. The fourth-order valence-electron chi connectivity index (χ4n) is 3.99. The molecule has 2 aliphatic rings. The van der Waals surface area contributed by atoms with Gasteiger partial charge in [-0.2, -0.15) is 0 Å². The highest BCUT2D eigenvalue weighted by Crippen LogP contribution is 2.48. The quantitative estimate of drug-likeness (QED) is 0.558. The SMILES string of the molecule is CCCOP(=O)([O-])OC[C@H]1O[C@@H](n2cnc3c(N)ccnc32)[C@H]2OC(CC)(CC)OC12. The molecule has 2 fully saturated rings. The zero-order valence-electron chi connectivity index (χ0n) is 17.8. The number of nitrogen functional groups attached to an aromatic ring is 1. The summed E-state index contributed by atoms with van der Waals surface area (Å²) in [4.78, 5) is 20.7. The molecule has 4 rings (SSSR count). The van der Waals surface area contributed by atoms with Gasteiger partial charge < -0.3 is 33.9 Å². The lowest BCUT2D eigenvalue weighted by atomic mass is 10.1. The van der Waals surface area contributed by atoms with Crippen LogP contribution in [0, 0.1) is 0 Å². The predicted molar refractivity (Wildman–Crippen MR) is 109 cm³/mol. The molecule has 2 saturated heterocycles. The van der Waals surface area contributed by atoms with Gasteiger partial charge in [0, 0.05) is 6.20 Å². The molecule has 31 heavy (non-hydrogen) atoms. The number of phosphoric ester groups is 1. The van der Waals surface area contributed by atoms with E-state index in [1.54, 1.807) is 23.2 Å². The van der Waals surface area contributed by atoms with E-state index < -0.39 is 38.1 Å². The Morgan fingerprint density at radius 1 is 1.23 bits per heavy atom. The van der Waals surface area contributed by atoms with Crippen molar-refractivity contribution in [3.05, 3.63) is 18.6 Å². The van der Waals surface area contributed by atoms with Crippen molar-refractivity contribution < 1.29 is 32.7 Å². The third-order valence-corrected chi connectivity index (χ3v) is 6.65. The number of rotatable bonds is 9. The number of nitrogens with two attached hydrogens (primary N) is 1. The van der Waals surface area contributed by atoms with E-state index in [4.69, 9.17) is 29.0 Å². The maximum atomic E-state index is 12.0. The van der Waals surface area contributed by atoms with Crippen molar-refractivity contribution in [3.63, 3.8) is 0 Å². The summed E-state index contributed by atoms with van der Waals surface area (Å²) in [6.07, 6.45) is 2.63. The number of hydrogen-bond acceptors (Lipinski definition) is 10. The lowest BCUT2D eigenvalue weighted by molar-refractivity contribution is -0.236. The Hall–Kier alpha value is -1.59. The van der Waals surface area contributed by atoms with Crippen molar-refractivity contribution in [1.82, 2.24) is 14.5 Å². The van der Waals surface area contributed by atoms with Gasteiger partial charge in [-0.05, 0) is 25.3 Å². The standard InChI is InChI=1S/C19H29N4O7P/c1-4-9-26-31(24,25)27-10-13-15-16(30-19(5-2,6-3)29-15)18(28-13)23-11-22-14-12(20)7-8-21-17(14)23/h7-8,11,13,15-16,18H,4-6,9-10H2,1-3H3,(H2,20,21)(H,24,25)/p-1/t13-,15?,16+,18-/m1/s1. The number of aromatic nitrogens is 3.